The van der Waals surface area contributed by atoms with Crippen molar-refractivity contribution in [3.63, 3.8) is 0 Å². The summed E-state index contributed by atoms with van der Waals surface area (Å²) in [5.74, 6) is -1.82. The predicted molar refractivity (Wildman–Crippen MR) is 194 cm³/mol. The summed E-state index contributed by atoms with van der Waals surface area (Å²) in [6.07, 6.45) is 2.03. The van der Waals surface area contributed by atoms with Crippen molar-refractivity contribution in [1.82, 2.24) is 9.78 Å². The van der Waals surface area contributed by atoms with Crippen LogP contribution in [0.1, 0.15) is 12.6 Å². The third-order valence-electron chi connectivity index (χ3n) is 7.51. The number of carbonyl (C=O) groups excluding carboxylic acids is 1. The summed E-state index contributed by atoms with van der Waals surface area (Å²) < 4.78 is 47.8. The van der Waals surface area contributed by atoms with E-state index in [2.05, 4.69) is 30.9 Å². The Morgan fingerprint density at radius 3 is 1.73 bits per heavy atom. The van der Waals surface area contributed by atoms with Gasteiger partial charge in [0.2, 0.25) is 5.91 Å². The summed E-state index contributed by atoms with van der Waals surface area (Å²) in [7, 11) is -7.03. The monoisotopic (exact) mass is 849 g/mol. The molecule has 1 heterocycles. The topological polar surface area (TPSA) is 252 Å². The van der Waals surface area contributed by atoms with Gasteiger partial charge in [-0.1, -0.05) is 78.8 Å². The fraction of sp³-hybridized carbons (Fsp3) is 0.111. The van der Waals surface area contributed by atoms with Crippen LogP contribution in [0.25, 0.3) is 16.5 Å². The molecule has 0 saturated carbocycles. The van der Waals surface area contributed by atoms with Crippen LogP contribution < -0.4 is 60.9 Å². The van der Waals surface area contributed by atoms with E-state index in [-0.39, 0.29) is 84.8 Å². The standard InChI is InChI=1S/C19H17N3O5S.C17H16N4O4S.Co.Na/c1-11(23)20-14-5-3-4-12-6-8-17(25)19(18(12)14)22-21-15-10-13(28(2,26)27)7-9-16(15)24;1-11-16(17(23)21(20-11)12-6-4-3-5-7-12)19-18-14-10-13(26(2,24)25)8-9-15(14)22;;/h3-10,24-25H,1-2H3,(H,20,23);3-10H,1-2H3,(H2,18,19,20,22,23);;/q;;+3;+1/p-4. The first-order chi connectivity index (χ1) is 25.4. The number of aromatic nitrogens is 2. The molecule has 0 atom stereocenters. The average molecular weight is 850 g/mol. The molecule has 0 saturated heterocycles. The first-order valence-electron chi connectivity index (χ1n) is 15.6. The van der Waals surface area contributed by atoms with Gasteiger partial charge in [0.15, 0.2) is 19.7 Å². The Morgan fingerprint density at radius 1 is 0.696 bits per heavy atom. The molecule has 0 bridgehead atoms. The molecule has 0 aliphatic rings. The molecule has 20 heteroatoms. The van der Waals surface area contributed by atoms with E-state index in [1.165, 1.54) is 29.8 Å². The maximum atomic E-state index is 12.5. The van der Waals surface area contributed by atoms with Crippen LogP contribution in [0.15, 0.2) is 132 Å². The van der Waals surface area contributed by atoms with Gasteiger partial charge in [0.1, 0.15) is 5.69 Å². The number of azo groups is 2. The van der Waals surface area contributed by atoms with Crippen molar-refractivity contribution in [3.05, 3.63) is 113 Å². The number of carbonyl (C=O) groups is 1. The first-order valence-corrected chi connectivity index (χ1v) is 19.4. The minimum absolute atomic E-state index is 0. The van der Waals surface area contributed by atoms with Crippen molar-refractivity contribution in [2.24, 2.45) is 20.5 Å². The molecule has 56 heavy (non-hydrogen) atoms. The molecule has 5 aromatic carbocycles. The number of rotatable bonds is 8. The average Bonchev–Trinajstić information content (AvgIpc) is 3.39. The van der Waals surface area contributed by atoms with Gasteiger partial charge in [-0.15, -0.1) is 10.8 Å². The van der Waals surface area contributed by atoms with Crippen LogP contribution in [-0.2, 0) is 41.2 Å². The number of amides is 1. The molecule has 0 unspecified atom stereocenters. The molecule has 6 aromatic rings. The summed E-state index contributed by atoms with van der Waals surface area (Å²) in [6.45, 7) is 2.93. The summed E-state index contributed by atoms with van der Waals surface area (Å²) >= 11 is 0. The molecule has 0 aliphatic carbocycles. The van der Waals surface area contributed by atoms with Crippen molar-refractivity contribution in [2.75, 3.05) is 17.8 Å². The van der Waals surface area contributed by atoms with Crippen LogP contribution in [0.5, 0.6) is 17.2 Å². The van der Waals surface area contributed by atoms with Gasteiger partial charge >= 0.3 is 46.3 Å². The Labute approximate surface area is 353 Å². The van der Waals surface area contributed by atoms with Crippen LogP contribution in [0.4, 0.5) is 28.4 Å². The van der Waals surface area contributed by atoms with E-state index in [0.29, 0.717) is 27.8 Å². The smallest absolute Gasteiger partial charge is 0.871 e. The van der Waals surface area contributed by atoms with E-state index in [9.17, 15) is 41.7 Å². The number of aryl methyl sites for hydroxylation is 1. The van der Waals surface area contributed by atoms with Gasteiger partial charge in [0.25, 0.3) is 5.56 Å². The fourth-order valence-electron chi connectivity index (χ4n) is 4.91. The van der Waals surface area contributed by atoms with Gasteiger partial charge in [0, 0.05) is 30.5 Å². The normalized spacial score (nSPS) is 11.4. The molecular weight excluding hydrogens is 820 g/mol. The Bertz CT molecular complexity index is 2760. The van der Waals surface area contributed by atoms with Crippen LogP contribution in [0, 0.1) is 6.92 Å². The quantitative estimate of drug-likeness (QED) is 0.172. The summed E-state index contributed by atoms with van der Waals surface area (Å²) in [5.41, 5.74) is 0.354. The van der Waals surface area contributed by atoms with Crippen molar-refractivity contribution in [1.29, 1.82) is 0 Å². The van der Waals surface area contributed by atoms with Gasteiger partial charge in [-0.05, 0) is 47.9 Å². The molecule has 0 spiro atoms. The van der Waals surface area contributed by atoms with Gasteiger partial charge in [-0.2, -0.15) is 15.3 Å². The van der Waals surface area contributed by atoms with E-state index in [1.54, 1.807) is 55.5 Å². The van der Waals surface area contributed by atoms with E-state index < -0.39 is 42.5 Å². The van der Waals surface area contributed by atoms with Gasteiger partial charge < -0.3 is 30.4 Å². The molecule has 16 nitrogen and oxygen atoms in total. The minimum Gasteiger partial charge on any atom is -0.871 e. The molecule has 1 aromatic heterocycles. The second-order valence-corrected chi connectivity index (χ2v) is 15.7. The maximum absolute atomic E-state index is 12.5. The zero-order valence-corrected chi connectivity index (χ0v) is 34.9. The molecule has 1 N–H and O–H groups in total. The van der Waals surface area contributed by atoms with Crippen molar-refractivity contribution in [2.45, 2.75) is 23.6 Å². The molecule has 0 fully saturated rings. The predicted octanol–water partition coefficient (Wildman–Crippen LogP) is 1.76. The minimum atomic E-state index is -3.54. The van der Waals surface area contributed by atoms with Gasteiger partial charge in [0.05, 0.1) is 32.5 Å². The molecule has 284 valence electrons. The number of nitrogens with zero attached hydrogens (tertiary/aromatic N) is 6. The summed E-state index contributed by atoms with van der Waals surface area (Å²) in [4.78, 5) is 23.8. The van der Waals surface area contributed by atoms with E-state index in [1.807, 2.05) is 6.07 Å². The van der Waals surface area contributed by atoms with Crippen molar-refractivity contribution in [3.8, 4) is 22.9 Å². The molecule has 6 rings (SSSR count). The molecule has 0 aliphatic heterocycles. The fourth-order valence-corrected chi connectivity index (χ4v) is 6.19. The number of fused-ring (bicyclic) bond motifs is 1. The maximum Gasteiger partial charge on any atom is 3.00 e. The Balaban J connectivity index is 0.000000291. The van der Waals surface area contributed by atoms with E-state index >= 15 is 0 Å². The van der Waals surface area contributed by atoms with Crippen LogP contribution in [-0.4, -0.2) is 39.9 Å². The van der Waals surface area contributed by atoms with Crippen molar-refractivity contribution >= 4 is 64.8 Å². The summed E-state index contributed by atoms with van der Waals surface area (Å²) in [6, 6.07) is 23.6. The van der Waals surface area contributed by atoms with E-state index in [4.69, 9.17) is 0 Å². The second kappa shape index (κ2) is 18.7. The van der Waals surface area contributed by atoms with Crippen LogP contribution in [0.3, 0.4) is 0 Å². The molecule has 0 radical (unpaired) electrons. The number of anilines is 1. The number of hydrogen-bond acceptors (Lipinski definition) is 13. The Kier molecular flexibility index (Phi) is 15.1. The van der Waals surface area contributed by atoms with Crippen LogP contribution in [0.2, 0.25) is 0 Å². The number of hydrogen-bond donors (Lipinski definition) is 1. The zero-order valence-electron chi connectivity index (χ0n) is 30.2. The van der Waals surface area contributed by atoms with E-state index in [0.717, 1.165) is 36.8 Å². The third-order valence-corrected chi connectivity index (χ3v) is 9.73. The third kappa shape index (κ3) is 10.8. The number of para-hydroxylation sites is 1. The van der Waals surface area contributed by atoms with Gasteiger partial charge in [-0.3, -0.25) is 9.59 Å². The second-order valence-electron chi connectivity index (χ2n) is 11.7. The van der Waals surface area contributed by atoms with Gasteiger partial charge in [-0.25, -0.2) is 16.8 Å². The Hall–Kier alpha value is -5.15. The number of benzene rings is 5. The Morgan fingerprint density at radius 2 is 1.21 bits per heavy atom. The number of sulfone groups is 2. The summed E-state index contributed by atoms with van der Waals surface area (Å²) in [5, 5.41) is 59.4. The number of nitrogens with one attached hydrogen (secondary N) is 1. The largest absolute Gasteiger partial charge is 3.00 e. The SMILES string of the molecule is CC(=O)Nc1cccc2ccc([O-])c(N=Nc3cc(S(C)(=O)=O)ccc3[O-])c12.Cc1[n-]n(-c2ccccc2)c(=O)c1N=Nc1cc(S(C)(=O)=O)ccc1[O-].[Co+3].[Na+]. The first kappa shape index (κ1) is 45.2. The van der Waals surface area contributed by atoms with Crippen LogP contribution >= 0.6 is 0 Å². The molecule has 1 amide bonds. The zero-order chi connectivity index (χ0) is 39.4. The van der Waals surface area contributed by atoms with Crippen molar-refractivity contribution < 1.29 is 83.3 Å². The molecular formula is C36H29CoN7NaO9S2.